The van der Waals surface area contributed by atoms with Gasteiger partial charge in [0.2, 0.25) is 0 Å². The van der Waals surface area contributed by atoms with Gasteiger partial charge in [0.15, 0.2) is 5.96 Å². The quantitative estimate of drug-likeness (QED) is 0.407. The van der Waals surface area contributed by atoms with E-state index in [9.17, 15) is 0 Å². The van der Waals surface area contributed by atoms with E-state index in [1.165, 1.54) is 5.56 Å². The van der Waals surface area contributed by atoms with Crippen LogP contribution in [-0.4, -0.2) is 55.0 Å². The van der Waals surface area contributed by atoms with Crippen LogP contribution in [0.25, 0.3) is 0 Å². The summed E-state index contributed by atoms with van der Waals surface area (Å²) in [6.45, 7) is 11.6. The highest BCUT2D eigenvalue weighted by molar-refractivity contribution is 14.0. The summed E-state index contributed by atoms with van der Waals surface area (Å²) in [5, 5.41) is 3.46. The van der Waals surface area contributed by atoms with Crippen LogP contribution in [0.5, 0.6) is 0 Å². The van der Waals surface area contributed by atoms with Crippen LogP contribution in [0.4, 0.5) is 0 Å². The molecule has 5 heteroatoms. The average molecular weight is 432 g/mol. The van der Waals surface area contributed by atoms with E-state index in [1.807, 2.05) is 25.1 Å². The fourth-order valence-electron chi connectivity index (χ4n) is 2.51. The Labute approximate surface area is 159 Å². The maximum absolute atomic E-state index is 4.69. The van der Waals surface area contributed by atoms with Crippen LogP contribution in [0.2, 0.25) is 0 Å². The molecule has 1 rings (SSSR count). The van der Waals surface area contributed by atoms with Crippen molar-refractivity contribution in [1.82, 2.24) is 15.1 Å². The van der Waals surface area contributed by atoms with Crippen LogP contribution in [0, 0.1) is 0 Å². The van der Waals surface area contributed by atoms with E-state index < -0.39 is 0 Å². The van der Waals surface area contributed by atoms with Crippen molar-refractivity contribution in [2.45, 2.75) is 46.3 Å². The van der Waals surface area contributed by atoms with Crippen molar-refractivity contribution < 1.29 is 0 Å². The molecule has 4 nitrogen and oxygen atoms in total. The molecule has 0 bridgehead atoms. The molecule has 1 N–H and O–H groups in total. The molecule has 1 aromatic carbocycles. The highest BCUT2D eigenvalue weighted by Crippen LogP contribution is 2.04. The zero-order chi connectivity index (χ0) is 16.5. The second-order valence-corrected chi connectivity index (χ2v) is 6.37. The molecule has 0 aliphatic rings. The van der Waals surface area contributed by atoms with Crippen molar-refractivity contribution in [2.24, 2.45) is 4.99 Å². The SMILES string of the molecule is CC(C)N(CCNC(=NCc1ccccc1)N(C)C)C(C)C.I. The molecule has 0 unspecified atom stereocenters. The standard InChI is InChI=1S/C18H32N4.HI/c1-15(2)22(16(3)4)13-12-19-18(21(5)6)20-14-17-10-8-7-9-11-17;/h7-11,15-16H,12-14H2,1-6H3,(H,19,20);1H. The third-order valence-corrected chi connectivity index (χ3v) is 3.66. The van der Waals surface area contributed by atoms with Gasteiger partial charge in [-0.2, -0.15) is 0 Å². The van der Waals surface area contributed by atoms with Gasteiger partial charge >= 0.3 is 0 Å². The average Bonchev–Trinajstić information content (AvgIpc) is 2.46. The number of aliphatic imine (C=N–C) groups is 1. The minimum Gasteiger partial charge on any atom is -0.355 e. The van der Waals surface area contributed by atoms with Crippen molar-refractivity contribution >= 4 is 29.9 Å². The number of rotatable bonds is 7. The van der Waals surface area contributed by atoms with E-state index in [1.54, 1.807) is 0 Å². The number of guanidine groups is 1. The normalized spacial score (nSPS) is 11.8. The Bertz CT molecular complexity index is 436. The lowest BCUT2D eigenvalue weighted by Gasteiger charge is -2.31. The maximum atomic E-state index is 4.69. The minimum absolute atomic E-state index is 0. The molecule has 0 aliphatic heterocycles. The van der Waals surface area contributed by atoms with E-state index in [0.717, 1.165) is 19.0 Å². The van der Waals surface area contributed by atoms with Gasteiger partial charge in [0.1, 0.15) is 0 Å². The van der Waals surface area contributed by atoms with Crippen molar-refractivity contribution in [2.75, 3.05) is 27.2 Å². The number of nitrogens with one attached hydrogen (secondary N) is 1. The van der Waals surface area contributed by atoms with E-state index in [-0.39, 0.29) is 24.0 Å². The smallest absolute Gasteiger partial charge is 0.193 e. The molecular formula is C18H33IN4. The first kappa shape index (κ1) is 22.2. The number of benzene rings is 1. The molecule has 0 heterocycles. The monoisotopic (exact) mass is 432 g/mol. The van der Waals surface area contributed by atoms with Crippen LogP contribution in [-0.2, 0) is 6.54 Å². The summed E-state index contributed by atoms with van der Waals surface area (Å²) in [4.78, 5) is 9.22. The highest BCUT2D eigenvalue weighted by atomic mass is 127. The number of hydrogen-bond donors (Lipinski definition) is 1. The second kappa shape index (κ2) is 11.7. The van der Waals surface area contributed by atoms with Crippen LogP contribution in [0.15, 0.2) is 35.3 Å². The van der Waals surface area contributed by atoms with Gasteiger partial charge in [-0.25, -0.2) is 4.99 Å². The Balaban J connectivity index is 0.00000484. The largest absolute Gasteiger partial charge is 0.355 e. The number of nitrogens with zero attached hydrogens (tertiary/aromatic N) is 3. The molecule has 0 amide bonds. The topological polar surface area (TPSA) is 30.9 Å². The fourth-order valence-corrected chi connectivity index (χ4v) is 2.51. The molecule has 132 valence electrons. The van der Waals surface area contributed by atoms with Crippen molar-refractivity contribution in [3.8, 4) is 0 Å². The van der Waals surface area contributed by atoms with Gasteiger partial charge in [0.25, 0.3) is 0 Å². The molecule has 0 atom stereocenters. The van der Waals surface area contributed by atoms with Gasteiger partial charge in [-0.3, -0.25) is 4.90 Å². The predicted molar refractivity (Wildman–Crippen MR) is 112 cm³/mol. The third kappa shape index (κ3) is 8.55. The van der Waals surface area contributed by atoms with Crippen LogP contribution >= 0.6 is 24.0 Å². The third-order valence-electron chi connectivity index (χ3n) is 3.66. The van der Waals surface area contributed by atoms with Gasteiger partial charge in [0, 0.05) is 39.3 Å². The number of halogens is 1. The van der Waals surface area contributed by atoms with Crippen LogP contribution in [0.1, 0.15) is 33.3 Å². The Kier molecular flexibility index (Phi) is 11.3. The molecule has 0 fully saturated rings. The number of hydrogen-bond acceptors (Lipinski definition) is 2. The van der Waals surface area contributed by atoms with Gasteiger partial charge in [-0.15, -0.1) is 24.0 Å². The molecule has 0 saturated carbocycles. The summed E-state index contributed by atoms with van der Waals surface area (Å²) in [6, 6.07) is 11.5. The summed E-state index contributed by atoms with van der Waals surface area (Å²) in [5.74, 6) is 0.941. The summed E-state index contributed by atoms with van der Waals surface area (Å²) in [7, 11) is 4.05. The molecule has 0 radical (unpaired) electrons. The van der Waals surface area contributed by atoms with Gasteiger partial charge in [-0.05, 0) is 33.3 Å². The Hall–Kier alpha value is -0.820. The van der Waals surface area contributed by atoms with E-state index in [0.29, 0.717) is 18.6 Å². The van der Waals surface area contributed by atoms with Crippen molar-refractivity contribution in [1.29, 1.82) is 0 Å². The van der Waals surface area contributed by atoms with Crippen LogP contribution in [0.3, 0.4) is 0 Å². The summed E-state index contributed by atoms with van der Waals surface area (Å²) < 4.78 is 0. The first-order valence-corrected chi connectivity index (χ1v) is 8.17. The predicted octanol–water partition coefficient (Wildman–Crippen LogP) is 3.43. The molecule has 1 aromatic rings. The second-order valence-electron chi connectivity index (χ2n) is 6.37. The zero-order valence-electron chi connectivity index (χ0n) is 15.4. The molecule has 23 heavy (non-hydrogen) atoms. The molecule has 0 aromatic heterocycles. The van der Waals surface area contributed by atoms with Crippen molar-refractivity contribution in [3.63, 3.8) is 0 Å². The van der Waals surface area contributed by atoms with Gasteiger partial charge in [0.05, 0.1) is 6.54 Å². The Morgan fingerprint density at radius 2 is 1.61 bits per heavy atom. The van der Waals surface area contributed by atoms with Crippen molar-refractivity contribution in [3.05, 3.63) is 35.9 Å². The molecule has 0 aliphatic carbocycles. The van der Waals surface area contributed by atoms with Crippen LogP contribution < -0.4 is 5.32 Å². The molecule has 0 spiro atoms. The summed E-state index contributed by atoms with van der Waals surface area (Å²) in [6.07, 6.45) is 0. The van der Waals surface area contributed by atoms with E-state index in [4.69, 9.17) is 4.99 Å². The molecular weight excluding hydrogens is 399 g/mol. The lowest BCUT2D eigenvalue weighted by Crippen LogP contribution is -2.45. The minimum atomic E-state index is 0. The lowest BCUT2D eigenvalue weighted by atomic mass is 10.2. The zero-order valence-corrected chi connectivity index (χ0v) is 17.7. The van der Waals surface area contributed by atoms with E-state index in [2.05, 4.69) is 62.2 Å². The fraction of sp³-hybridized carbons (Fsp3) is 0.611. The maximum Gasteiger partial charge on any atom is 0.193 e. The Morgan fingerprint density at radius 1 is 1.04 bits per heavy atom. The summed E-state index contributed by atoms with van der Waals surface area (Å²) >= 11 is 0. The summed E-state index contributed by atoms with van der Waals surface area (Å²) in [5.41, 5.74) is 1.23. The molecule has 0 saturated heterocycles. The highest BCUT2D eigenvalue weighted by Gasteiger charge is 2.12. The van der Waals surface area contributed by atoms with Gasteiger partial charge < -0.3 is 10.2 Å². The first-order chi connectivity index (χ1) is 10.4. The Morgan fingerprint density at radius 3 is 2.09 bits per heavy atom. The first-order valence-electron chi connectivity index (χ1n) is 8.17. The van der Waals surface area contributed by atoms with E-state index >= 15 is 0 Å². The lowest BCUT2D eigenvalue weighted by molar-refractivity contribution is 0.178. The van der Waals surface area contributed by atoms with Gasteiger partial charge in [-0.1, -0.05) is 30.3 Å².